The Hall–Kier alpha value is -1.26. The van der Waals surface area contributed by atoms with Gasteiger partial charge in [-0.1, -0.05) is 12.1 Å². The molecule has 4 heteroatoms. The zero-order chi connectivity index (χ0) is 13.3. The molecule has 1 saturated heterocycles. The number of ether oxygens (including phenoxy) is 2. The van der Waals surface area contributed by atoms with Gasteiger partial charge in [-0.3, -0.25) is 4.90 Å². The number of para-hydroxylation sites is 1. The fraction of sp³-hybridized carbons (Fsp3) is 0.600. The highest BCUT2D eigenvalue weighted by molar-refractivity contribution is 5.51. The summed E-state index contributed by atoms with van der Waals surface area (Å²) < 4.78 is 11.3. The lowest BCUT2D eigenvalue weighted by molar-refractivity contribution is 0.0680. The third kappa shape index (κ3) is 1.90. The van der Waals surface area contributed by atoms with E-state index in [1.54, 1.807) is 7.11 Å². The number of methoxy groups -OCH3 is 1. The molecule has 1 unspecified atom stereocenters. The number of hydrogen-bond donors (Lipinski definition) is 1. The SMILES string of the molecule is COc1cccc2c1OCCC2(CN)N1CCCC1. The summed E-state index contributed by atoms with van der Waals surface area (Å²) in [5.74, 6) is 1.70. The molecule has 1 aromatic carbocycles. The molecule has 1 atom stereocenters. The van der Waals surface area contributed by atoms with Gasteiger partial charge in [-0.2, -0.15) is 0 Å². The predicted molar refractivity (Wildman–Crippen MR) is 74.6 cm³/mol. The van der Waals surface area contributed by atoms with E-state index in [1.807, 2.05) is 12.1 Å². The number of likely N-dealkylation sites (tertiary alicyclic amines) is 1. The molecule has 104 valence electrons. The van der Waals surface area contributed by atoms with Crippen molar-refractivity contribution < 1.29 is 9.47 Å². The third-order valence-electron chi connectivity index (χ3n) is 4.51. The van der Waals surface area contributed by atoms with Gasteiger partial charge < -0.3 is 15.2 Å². The standard InChI is InChI=1S/C15H22N2O2/c1-18-13-6-4-5-12-14(13)19-10-7-15(12,11-16)17-8-2-3-9-17/h4-6H,2-3,7-11,16H2,1H3. The van der Waals surface area contributed by atoms with Crippen LogP contribution in [0.3, 0.4) is 0 Å². The van der Waals surface area contributed by atoms with Crippen LogP contribution in [0, 0.1) is 0 Å². The smallest absolute Gasteiger partial charge is 0.166 e. The highest BCUT2D eigenvalue weighted by atomic mass is 16.5. The zero-order valence-corrected chi connectivity index (χ0v) is 11.5. The van der Waals surface area contributed by atoms with E-state index in [1.165, 1.54) is 18.4 Å². The maximum Gasteiger partial charge on any atom is 0.166 e. The molecule has 2 N–H and O–H groups in total. The first kappa shape index (κ1) is 12.8. The number of fused-ring (bicyclic) bond motifs is 1. The lowest BCUT2D eigenvalue weighted by Crippen LogP contribution is -2.52. The third-order valence-corrected chi connectivity index (χ3v) is 4.51. The van der Waals surface area contributed by atoms with E-state index in [9.17, 15) is 0 Å². The number of hydrogen-bond acceptors (Lipinski definition) is 4. The van der Waals surface area contributed by atoms with Crippen LogP contribution in [0.1, 0.15) is 24.8 Å². The summed E-state index contributed by atoms with van der Waals surface area (Å²) in [6.07, 6.45) is 3.49. The zero-order valence-electron chi connectivity index (χ0n) is 11.5. The Morgan fingerprint density at radius 2 is 2.16 bits per heavy atom. The molecule has 2 aliphatic heterocycles. The summed E-state index contributed by atoms with van der Waals surface area (Å²) in [7, 11) is 1.69. The second-order valence-corrected chi connectivity index (χ2v) is 5.37. The summed E-state index contributed by atoms with van der Waals surface area (Å²) in [4.78, 5) is 2.54. The van der Waals surface area contributed by atoms with Crippen molar-refractivity contribution in [2.75, 3.05) is 33.4 Å². The van der Waals surface area contributed by atoms with Gasteiger partial charge in [-0.25, -0.2) is 0 Å². The molecule has 2 heterocycles. The Morgan fingerprint density at radius 1 is 1.37 bits per heavy atom. The second-order valence-electron chi connectivity index (χ2n) is 5.37. The van der Waals surface area contributed by atoms with Crippen molar-refractivity contribution in [3.05, 3.63) is 23.8 Å². The number of nitrogens with two attached hydrogens (primary N) is 1. The van der Waals surface area contributed by atoms with Crippen LogP contribution in [-0.4, -0.2) is 38.3 Å². The molecule has 2 aliphatic rings. The van der Waals surface area contributed by atoms with E-state index in [-0.39, 0.29) is 5.54 Å². The average molecular weight is 262 g/mol. The van der Waals surface area contributed by atoms with Crippen molar-refractivity contribution in [3.8, 4) is 11.5 Å². The van der Waals surface area contributed by atoms with Crippen molar-refractivity contribution in [1.82, 2.24) is 4.90 Å². The van der Waals surface area contributed by atoms with Gasteiger partial charge in [0, 0.05) is 18.5 Å². The number of rotatable bonds is 3. The van der Waals surface area contributed by atoms with Crippen molar-refractivity contribution in [1.29, 1.82) is 0 Å². The quantitative estimate of drug-likeness (QED) is 0.901. The Morgan fingerprint density at radius 3 is 2.84 bits per heavy atom. The lowest BCUT2D eigenvalue weighted by atomic mass is 9.82. The summed E-state index contributed by atoms with van der Waals surface area (Å²) in [5.41, 5.74) is 7.31. The van der Waals surface area contributed by atoms with Crippen LogP contribution in [0.2, 0.25) is 0 Å². The van der Waals surface area contributed by atoms with Crippen LogP contribution in [0.15, 0.2) is 18.2 Å². The Labute approximate surface area is 114 Å². The molecule has 0 aliphatic carbocycles. The van der Waals surface area contributed by atoms with Gasteiger partial charge in [0.1, 0.15) is 0 Å². The summed E-state index contributed by atoms with van der Waals surface area (Å²) in [6.45, 7) is 3.61. The van der Waals surface area contributed by atoms with E-state index in [0.717, 1.165) is 31.0 Å². The van der Waals surface area contributed by atoms with Gasteiger partial charge in [0.15, 0.2) is 11.5 Å². The molecule has 0 saturated carbocycles. The van der Waals surface area contributed by atoms with Crippen LogP contribution >= 0.6 is 0 Å². The maximum atomic E-state index is 6.19. The summed E-state index contributed by atoms with van der Waals surface area (Å²) in [5, 5.41) is 0. The van der Waals surface area contributed by atoms with E-state index < -0.39 is 0 Å². The summed E-state index contributed by atoms with van der Waals surface area (Å²) >= 11 is 0. The van der Waals surface area contributed by atoms with Crippen molar-refractivity contribution in [2.45, 2.75) is 24.8 Å². The van der Waals surface area contributed by atoms with Gasteiger partial charge in [0.2, 0.25) is 0 Å². The highest BCUT2D eigenvalue weighted by Gasteiger charge is 2.43. The van der Waals surface area contributed by atoms with Crippen LogP contribution in [0.25, 0.3) is 0 Å². The topological polar surface area (TPSA) is 47.7 Å². The first-order valence-electron chi connectivity index (χ1n) is 7.07. The minimum Gasteiger partial charge on any atom is -0.493 e. The largest absolute Gasteiger partial charge is 0.493 e. The minimum absolute atomic E-state index is 0.0708. The van der Waals surface area contributed by atoms with Gasteiger partial charge >= 0.3 is 0 Å². The van der Waals surface area contributed by atoms with E-state index in [4.69, 9.17) is 15.2 Å². The Kier molecular flexibility index (Phi) is 3.37. The monoisotopic (exact) mass is 262 g/mol. The minimum atomic E-state index is -0.0708. The van der Waals surface area contributed by atoms with Crippen molar-refractivity contribution >= 4 is 0 Å². The van der Waals surface area contributed by atoms with Crippen LogP contribution in [0.5, 0.6) is 11.5 Å². The van der Waals surface area contributed by atoms with E-state index >= 15 is 0 Å². The van der Waals surface area contributed by atoms with Gasteiger partial charge in [0.05, 0.1) is 19.3 Å². The van der Waals surface area contributed by atoms with E-state index in [2.05, 4.69) is 11.0 Å². The molecule has 0 amide bonds. The van der Waals surface area contributed by atoms with Gasteiger partial charge in [-0.15, -0.1) is 0 Å². The van der Waals surface area contributed by atoms with Crippen LogP contribution < -0.4 is 15.2 Å². The lowest BCUT2D eigenvalue weighted by Gasteiger charge is -2.45. The molecule has 0 bridgehead atoms. The van der Waals surface area contributed by atoms with E-state index in [0.29, 0.717) is 13.2 Å². The molecule has 0 radical (unpaired) electrons. The normalized spacial score (nSPS) is 26.8. The first-order valence-corrected chi connectivity index (χ1v) is 7.07. The summed E-state index contributed by atoms with van der Waals surface area (Å²) in [6, 6.07) is 6.13. The van der Waals surface area contributed by atoms with Crippen molar-refractivity contribution in [2.24, 2.45) is 5.73 Å². The molecule has 19 heavy (non-hydrogen) atoms. The Bertz CT molecular complexity index is 457. The number of benzene rings is 1. The predicted octanol–water partition coefficient (Wildman–Crippen LogP) is 1.73. The average Bonchev–Trinajstić information content (AvgIpc) is 3.00. The van der Waals surface area contributed by atoms with Crippen LogP contribution in [-0.2, 0) is 5.54 Å². The van der Waals surface area contributed by atoms with Crippen LogP contribution in [0.4, 0.5) is 0 Å². The molecule has 0 aromatic heterocycles. The molecule has 4 nitrogen and oxygen atoms in total. The Balaban J connectivity index is 2.09. The van der Waals surface area contributed by atoms with Crippen molar-refractivity contribution in [3.63, 3.8) is 0 Å². The maximum absolute atomic E-state index is 6.19. The fourth-order valence-corrected chi connectivity index (χ4v) is 3.46. The highest BCUT2D eigenvalue weighted by Crippen LogP contribution is 2.46. The molecular formula is C15H22N2O2. The second kappa shape index (κ2) is 5.02. The molecule has 0 spiro atoms. The number of nitrogens with zero attached hydrogens (tertiary/aromatic N) is 1. The fourth-order valence-electron chi connectivity index (χ4n) is 3.46. The molecule has 1 fully saturated rings. The molecule has 3 rings (SSSR count). The van der Waals surface area contributed by atoms with Gasteiger partial charge in [-0.05, 0) is 32.0 Å². The molecule has 1 aromatic rings. The molecular weight excluding hydrogens is 240 g/mol. The first-order chi connectivity index (χ1) is 9.31. The van der Waals surface area contributed by atoms with Gasteiger partial charge in [0.25, 0.3) is 0 Å².